The van der Waals surface area contributed by atoms with Gasteiger partial charge in [-0.2, -0.15) is 0 Å². The SMILES string of the molecule is CCCOc1ccc([C@H]2c3c(oc4ccccc4c3=O)C(=O)N2CCC[NH+](CC)CC)cc1OC. The van der Waals surface area contributed by atoms with E-state index >= 15 is 0 Å². The van der Waals surface area contributed by atoms with E-state index < -0.39 is 6.04 Å². The summed E-state index contributed by atoms with van der Waals surface area (Å²) in [5, 5.41) is 0.480. The van der Waals surface area contributed by atoms with E-state index in [4.69, 9.17) is 13.9 Å². The molecule has 2 heterocycles. The lowest BCUT2D eigenvalue weighted by Crippen LogP contribution is -3.11. The van der Waals surface area contributed by atoms with Crippen molar-refractivity contribution in [2.75, 3.05) is 39.9 Å². The molecule has 1 amide bonds. The Morgan fingerprint density at radius 2 is 1.80 bits per heavy atom. The molecular weight excluding hydrogens is 444 g/mol. The maximum atomic E-state index is 13.6. The quantitative estimate of drug-likeness (QED) is 0.456. The van der Waals surface area contributed by atoms with Crippen LogP contribution in [0.2, 0.25) is 0 Å². The van der Waals surface area contributed by atoms with Gasteiger partial charge < -0.3 is 23.7 Å². The van der Waals surface area contributed by atoms with Crippen LogP contribution in [0.5, 0.6) is 11.5 Å². The Hall–Kier alpha value is -3.32. The number of nitrogens with one attached hydrogen (secondary N) is 1. The van der Waals surface area contributed by atoms with Gasteiger partial charge in [0.1, 0.15) is 5.58 Å². The van der Waals surface area contributed by atoms with Crippen molar-refractivity contribution in [1.29, 1.82) is 0 Å². The molecule has 0 radical (unpaired) electrons. The van der Waals surface area contributed by atoms with E-state index in [2.05, 4.69) is 13.8 Å². The number of carbonyl (C=O) groups excluding carboxylic acids is 1. The van der Waals surface area contributed by atoms with Gasteiger partial charge >= 0.3 is 0 Å². The smallest absolute Gasteiger partial charge is 0.290 e. The summed E-state index contributed by atoms with van der Waals surface area (Å²) in [4.78, 5) is 30.5. The molecule has 3 aromatic rings. The Labute approximate surface area is 206 Å². The molecule has 1 aliphatic heterocycles. The molecule has 1 atom stereocenters. The second kappa shape index (κ2) is 11.0. The van der Waals surface area contributed by atoms with Crippen LogP contribution in [0.1, 0.15) is 61.3 Å². The molecular formula is C28H35N2O5+. The molecule has 2 aromatic carbocycles. The number of ether oxygens (including phenoxy) is 2. The highest BCUT2D eigenvalue weighted by Crippen LogP contribution is 2.41. The topological polar surface area (TPSA) is 73.4 Å². The molecule has 186 valence electrons. The van der Waals surface area contributed by atoms with Gasteiger partial charge in [-0.25, -0.2) is 0 Å². The van der Waals surface area contributed by atoms with Crippen LogP contribution in [0.4, 0.5) is 0 Å². The molecule has 0 spiro atoms. The molecule has 7 heteroatoms. The van der Waals surface area contributed by atoms with Gasteiger partial charge in [-0.3, -0.25) is 9.59 Å². The number of hydrogen-bond acceptors (Lipinski definition) is 5. The third-order valence-corrected chi connectivity index (χ3v) is 6.77. The summed E-state index contributed by atoms with van der Waals surface area (Å²) >= 11 is 0. The van der Waals surface area contributed by atoms with Crippen LogP contribution in [-0.2, 0) is 0 Å². The number of fused-ring (bicyclic) bond motifs is 2. The Kier molecular flexibility index (Phi) is 7.76. The van der Waals surface area contributed by atoms with E-state index in [1.165, 1.54) is 4.90 Å². The summed E-state index contributed by atoms with van der Waals surface area (Å²) in [5.41, 5.74) is 1.46. The molecule has 1 aliphatic rings. The van der Waals surface area contributed by atoms with E-state index in [0.717, 1.165) is 38.0 Å². The molecule has 1 aromatic heterocycles. The fourth-order valence-corrected chi connectivity index (χ4v) is 4.83. The first-order valence-corrected chi connectivity index (χ1v) is 12.5. The minimum absolute atomic E-state index is 0.138. The molecule has 0 unspecified atom stereocenters. The molecule has 35 heavy (non-hydrogen) atoms. The van der Waals surface area contributed by atoms with Crippen molar-refractivity contribution >= 4 is 16.9 Å². The zero-order valence-electron chi connectivity index (χ0n) is 21.1. The van der Waals surface area contributed by atoms with Gasteiger partial charge in [0.15, 0.2) is 16.9 Å². The molecule has 0 saturated heterocycles. The van der Waals surface area contributed by atoms with Crippen molar-refractivity contribution in [3.63, 3.8) is 0 Å². The van der Waals surface area contributed by atoms with Crippen LogP contribution < -0.4 is 19.8 Å². The fraction of sp³-hybridized carbons (Fsp3) is 0.429. The van der Waals surface area contributed by atoms with Gasteiger partial charge in [-0.15, -0.1) is 0 Å². The van der Waals surface area contributed by atoms with E-state index in [1.807, 2.05) is 31.2 Å². The second-order valence-corrected chi connectivity index (χ2v) is 8.89. The van der Waals surface area contributed by atoms with Crippen molar-refractivity contribution in [2.45, 2.75) is 39.7 Å². The van der Waals surface area contributed by atoms with Crippen molar-refractivity contribution in [2.24, 2.45) is 0 Å². The molecule has 4 rings (SSSR count). The zero-order chi connectivity index (χ0) is 24.9. The normalized spacial score (nSPS) is 15.2. The summed E-state index contributed by atoms with van der Waals surface area (Å²) < 4.78 is 17.5. The van der Waals surface area contributed by atoms with Gasteiger partial charge in [0.25, 0.3) is 5.91 Å². The van der Waals surface area contributed by atoms with E-state index in [-0.39, 0.29) is 17.1 Å². The van der Waals surface area contributed by atoms with Gasteiger partial charge in [-0.1, -0.05) is 25.1 Å². The van der Waals surface area contributed by atoms with Crippen molar-refractivity contribution < 1.29 is 23.6 Å². The number of rotatable bonds is 11. The lowest BCUT2D eigenvalue weighted by Gasteiger charge is -2.26. The summed E-state index contributed by atoms with van der Waals surface area (Å²) in [6, 6.07) is 12.2. The fourth-order valence-electron chi connectivity index (χ4n) is 4.83. The highest BCUT2D eigenvalue weighted by Gasteiger charge is 2.42. The first kappa shape index (κ1) is 24.8. The van der Waals surface area contributed by atoms with Crippen LogP contribution in [0.3, 0.4) is 0 Å². The maximum absolute atomic E-state index is 13.6. The first-order chi connectivity index (χ1) is 17.0. The van der Waals surface area contributed by atoms with E-state index in [9.17, 15) is 9.59 Å². The Balaban J connectivity index is 1.79. The number of quaternary nitrogens is 1. The van der Waals surface area contributed by atoms with Crippen LogP contribution in [0, 0.1) is 0 Å². The number of para-hydroxylation sites is 1. The number of nitrogens with zero attached hydrogens (tertiary/aromatic N) is 1. The number of benzene rings is 2. The predicted octanol–water partition coefficient (Wildman–Crippen LogP) is 3.45. The van der Waals surface area contributed by atoms with Gasteiger partial charge in [0, 0.05) is 13.0 Å². The molecule has 7 nitrogen and oxygen atoms in total. The Bertz CT molecular complexity index is 1250. The minimum Gasteiger partial charge on any atom is -0.493 e. The van der Waals surface area contributed by atoms with E-state index in [1.54, 1.807) is 30.2 Å². The average Bonchev–Trinajstić information content (AvgIpc) is 3.17. The number of methoxy groups -OCH3 is 1. The van der Waals surface area contributed by atoms with Gasteiger partial charge in [-0.05, 0) is 50.1 Å². The summed E-state index contributed by atoms with van der Waals surface area (Å²) in [5.74, 6) is 1.12. The predicted molar refractivity (Wildman–Crippen MR) is 136 cm³/mol. The highest BCUT2D eigenvalue weighted by atomic mass is 16.5. The first-order valence-electron chi connectivity index (χ1n) is 12.5. The number of carbonyl (C=O) groups is 1. The van der Waals surface area contributed by atoms with Crippen LogP contribution in [-0.4, -0.2) is 50.7 Å². The third kappa shape index (κ3) is 4.78. The average molecular weight is 480 g/mol. The van der Waals surface area contributed by atoms with E-state index in [0.29, 0.717) is 41.2 Å². The number of amides is 1. The lowest BCUT2D eigenvalue weighted by molar-refractivity contribution is -0.896. The minimum atomic E-state index is -0.542. The maximum Gasteiger partial charge on any atom is 0.290 e. The van der Waals surface area contributed by atoms with Crippen LogP contribution >= 0.6 is 0 Å². The molecule has 1 N–H and O–H groups in total. The van der Waals surface area contributed by atoms with Crippen molar-refractivity contribution in [1.82, 2.24) is 4.90 Å². The van der Waals surface area contributed by atoms with Crippen LogP contribution in [0.25, 0.3) is 11.0 Å². The third-order valence-electron chi connectivity index (χ3n) is 6.77. The Morgan fingerprint density at radius 1 is 1.03 bits per heavy atom. The molecule has 0 bridgehead atoms. The lowest BCUT2D eigenvalue weighted by atomic mass is 9.98. The zero-order valence-corrected chi connectivity index (χ0v) is 21.1. The van der Waals surface area contributed by atoms with Crippen molar-refractivity contribution in [3.05, 3.63) is 69.6 Å². The monoisotopic (exact) mass is 479 g/mol. The van der Waals surface area contributed by atoms with Crippen LogP contribution in [0.15, 0.2) is 51.7 Å². The van der Waals surface area contributed by atoms with Crippen molar-refractivity contribution in [3.8, 4) is 11.5 Å². The molecule has 0 aliphatic carbocycles. The standard InChI is InChI=1S/C28H34N2O5/c1-5-17-34-22-14-13-19(18-23(22)33-4)25-24-26(31)20-11-8-9-12-21(20)35-27(24)28(32)30(25)16-10-15-29(6-2)7-3/h8-9,11-14,18,25H,5-7,10,15-17H2,1-4H3/p+1/t25-/m0/s1. The molecule has 0 fully saturated rings. The summed E-state index contributed by atoms with van der Waals surface area (Å²) in [6.45, 7) is 10.5. The van der Waals surface area contributed by atoms with Gasteiger partial charge in [0.2, 0.25) is 5.76 Å². The Morgan fingerprint density at radius 3 is 2.51 bits per heavy atom. The second-order valence-electron chi connectivity index (χ2n) is 8.89. The molecule has 0 saturated carbocycles. The van der Waals surface area contributed by atoms with Gasteiger partial charge in [0.05, 0.1) is 50.3 Å². The summed E-state index contributed by atoms with van der Waals surface area (Å²) in [7, 11) is 1.60. The highest BCUT2D eigenvalue weighted by molar-refractivity contribution is 5.99. The summed E-state index contributed by atoms with van der Waals surface area (Å²) in [6.07, 6.45) is 1.71. The number of hydrogen-bond donors (Lipinski definition) is 1. The largest absolute Gasteiger partial charge is 0.493 e.